The van der Waals surface area contributed by atoms with E-state index in [9.17, 15) is 9.59 Å². The topological polar surface area (TPSA) is 85.3 Å². The predicted octanol–water partition coefficient (Wildman–Crippen LogP) is 5.83. The van der Waals surface area contributed by atoms with Gasteiger partial charge < -0.3 is 19.8 Å². The van der Waals surface area contributed by atoms with Gasteiger partial charge in [0.25, 0.3) is 11.8 Å². The van der Waals surface area contributed by atoms with Crippen molar-refractivity contribution in [3.63, 3.8) is 0 Å². The molecular formula is C29H34BN4O3S. The Kier molecular flexibility index (Phi) is 10.9. The third-order valence-electron chi connectivity index (χ3n) is 5.82. The molecule has 0 saturated carbocycles. The number of hydrogen-bond donors (Lipinski definition) is 2. The molecule has 0 aliphatic carbocycles. The number of nitrogens with zero attached hydrogens (tertiary/aromatic N) is 2. The molecule has 0 aliphatic heterocycles. The van der Waals surface area contributed by atoms with Crippen LogP contribution in [0.5, 0.6) is 0 Å². The van der Waals surface area contributed by atoms with E-state index in [1.807, 2.05) is 56.0 Å². The van der Waals surface area contributed by atoms with Crippen molar-refractivity contribution in [2.24, 2.45) is 0 Å². The fourth-order valence-electron chi connectivity index (χ4n) is 3.74. The molecule has 0 spiro atoms. The van der Waals surface area contributed by atoms with Gasteiger partial charge in [-0.2, -0.15) is 0 Å². The first-order chi connectivity index (χ1) is 18.3. The lowest BCUT2D eigenvalue weighted by molar-refractivity contribution is -0.119. The average Bonchev–Trinajstić information content (AvgIpc) is 3.58. The molecule has 1 radical (unpaired) electrons. The van der Waals surface area contributed by atoms with E-state index in [4.69, 9.17) is 4.74 Å². The lowest BCUT2D eigenvalue weighted by Gasteiger charge is -2.16. The van der Waals surface area contributed by atoms with Crippen LogP contribution in [0.1, 0.15) is 42.6 Å². The number of carbonyl (C=O) groups is 2. The van der Waals surface area contributed by atoms with Gasteiger partial charge in [0, 0.05) is 24.3 Å². The molecule has 3 rings (SSSR count). The Morgan fingerprint density at radius 2 is 2.11 bits per heavy atom. The third kappa shape index (κ3) is 8.16. The zero-order chi connectivity index (χ0) is 27.5. The molecule has 0 fully saturated rings. The number of methoxy groups -OCH3 is 1. The van der Waals surface area contributed by atoms with Gasteiger partial charge in [-0.25, -0.2) is 4.98 Å². The summed E-state index contributed by atoms with van der Waals surface area (Å²) in [6.07, 6.45) is 11.8. The molecule has 2 aromatic heterocycles. The Bertz CT molecular complexity index is 1320. The fraction of sp³-hybridized carbons (Fsp3) is 0.276. The molecular weight excluding hydrogens is 495 g/mol. The fourth-order valence-corrected chi connectivity index (χ4v) is 4.46. The van der Waals surface area contributed by atoms with Gasteiger partial charge in [0.05, 0.1) is 17.9 Å². The van der Waals surface area contributed by atoms with E-state index < -0.39 is 11.9 Å². The second-order valence-electron chi connectivity index (χ2n) is 8.84. The Morgan fingerprint density at radius 3 is 2.82 bits per heavy atom. The number of allylic oxidation sites excluding steroid dienone is 5. The maximum absolute atomic E-state index is 12.9. The zero-order valence-corrected chi connectivity index (χ0v) is 23.2. The lowest BCUT2D eigenvalue weighted by Crippen LogP contribution is -2.46. The van der Waals surface area contributed by atoms with Gasteiger partial charge in [0.15, 0.2) is 5.13 Å². The van der Waals surface area contributed by atoms with Crippen molar-refractivity contribution < 1.29 is 14.3 Å². The van der Waals surface area contributed by atoms with E-state index in [1.54, 1.807) is 22.9 Å². The monoisotopic (exact) mass is 529 g/mol. The number of nitrogens with one attached hydrogen (secondary N) is 2. The second kappa shape index (κ2) is 14.3. The number of amides is 2. The van der Waals surface area contributed by atoms with Crippen LogP contribution in [0, 0.1) is 0 Å². The molecule has 2 N–H and O–H groups in total. The molecule has 38 heavy (non-hydrogen) atoms. The number of thiazole rings is 1. The summed E-state index contributed by atoms with van der Waals surface area (Å²) in [5.41, 5.74) is 5.36. The molecule has 197 valence electrons. The van der Waals surface area contributed by atoms with Crippen LogP contribution < -0.4 is 10.6 Å². The highest BCUT2D eigenvalue weighted by Gasteiger charge is 2.23. The standard InChI is InChI=1S/C29H34BN4O3S/c1-6-9-20(2)10-7-11-21(3)22-12-8-13-23(16-22)26-19-38-29(32-26)33-28(36)25(18-37-5)31-27(35)24-14-15-34(17-24)30-4/h7-8,10-17,19,25H,3,6,9,18H2,1-2,4-5H3,(H,31,35)(H,32,33,36)/b11-7-,20-10-. The summed E-state index contributed by atoms with van der Waals surface area (Å²) in [6.45, 7) is 10.4. The second-order valence-corrected chi connectivity index (χ2v) is 9.70. The highest BCUT2D eigenvalue weighted by atomic mass is 32.1. The van der Waals surface area contributed by atoms with Crippen LogP contribution in [0.3, 0.4) is 0 Å². The number of rotatable bonds is 13. The minimum absolute atomic E-state index is 0.0290. The molecule has 7 nitrogen and oxygen atoms in total. The minimum atomic E-state index is -0.873. The first-order valence-electron chi connectivity index (χ1n) is 12.5. The van der Waals surface area contributed by atoms with E-state index in [2.05, 4.69) is 42.1 Å². The highest BCUT2D eigenvalue weighted by Crippen LogP contribution is 2.27. The van der Waals surface area contributed by atoms with Crippen molar-refractivity contribution in [1.29, 1.82) is 0 Å². The Morgan fingerprint density at radius 1 is 1.29 bits per heavy atom. The summed E-state index contributed by atoms with van der Waals surface area (Å²) >= 11 is 1.32. The van der Waals surface area contributed by atoms with Gasteiger partial charge in [0.2, 0.25) is 7.41 Å². The summed E-state index contributed by atoms with van der Waals surface area (Å²) in [5.74, 6) is -0.758. The van der Waals surface area contributed by atoms with Crippen LogP contribution in [-0.4, -0.2) is 48.4 Å². The minimum Gasteiger partial charge on any atom is -0.402 e. The van der Waals surface area contributed by atoms with Crippen LogP contribution in [0.4, 0.5) is 5.13 Å². The van der Waals surface area contributed by atoms with Crippen LogP contribution in [-0.2, 0) is 9.53 Å². The molecule has 1 unspecified atom stereocenters. The van der Waals surface area contributed by atoms with Crippen LogP contribution in [0.25, 0.3) is 16.8 Å². The number of carbonyl (C=O) groups excluding carboxylic acids is 2. The van der Waals surface area contributed by atoms with Gasteiger partial charge in [-0.05, 0) is 42.8 Å². The van der Waals surface area contributed by atoms with Crippen molar-refractivity contribution >= 4 is 41.3 Å². The summed E-state index contributed by atoms with van der Waals surface area (Å²) in [5, 5.41) is 7.86. The van der Waals surface area contributed by atoms with Crippen LogP contribution in [0.2, 0.25) is 6.82 Å². The lowest BCUT2D eigenvalue weighted by atomic mass is 10.0. The molecule has 3 aromatic rings. The van der Waals surface area contributed by atoms with Gasteiger partial charge in [-0.1, -0.05) is 68.7 Å². The van der Waals surface area contributed by atoms with Crippen molar-refractivity contribution in [1.82, 2.24) is 14.8 Å². The van der Waals surface area contributed by atoms with Gasteiger partial charge in [0.1, 0.15) is 6.04 Å². The summed E-state index contributed by atoms with van der Waals surface area (Å²) in [4.78, 5) is 30.1. The number of hydrogen-bond acceptors (Lipinski definition) is 5. The molecule has 2 amide bonds. The SMILES string of the molecule is C=C(/C=C\C=C(\C)CCC)c1cccc(-c2csc(NC(=O)C(COC)NC(=O)c3ccn([B]C)c3)n2)c1. The van der Waals surface area contributed by atoms with Gasteiger partial charge >= 0.3 is 0 Å². The van der Waals surface area contributed by atoms with Gasteiger partial charge in [-0.3, -0.25) is 9.59 Å². The van der Waals surface area contributed by atoms with Crippen LogP contribution in [0.15, 0.2) is 78.5 Å². The molecule has 0 bridgehead atoms. The van der Waals surface area contributed by atoms with Crippen molar-refractivity contribution in [2.75, 3.05) is 19.0 Å². The first-order valence-corrected chi connectivity index (χ1v) is 13.4. The van der Waals surface area contributed by atoms with E-state index in [-0.39, 0.29) is 12.5 Å². The summed E-state index contributed by atoms with van der Waals surface area (Å²) < 4.78 is 6.94. The molecule has 0 aliphatic rings. The number of ether oxygens (including phenoxy) is 1. The summed E-state index contributed by atoms with van der Waals surface area (Å²) in [7, 11) is 3.31. The average molecular weight is 529 g/mol. The normalized spacial score (nSPS) is 12.4. The molecule has 0 saturated heterocycles. The summed E-state index contributed by atoms with van der Waals surface area (Å²) in [6, 6.07) is 8.80. The maximum atomic E-state index is 12.9. The number of benzene rings is 1. The van der Waals surface area contributed by atoms with E-state index in [1.165, 1.54) is 24.0 Å². The third-order valence-corrected chi connectivity index (χ3v) is 6.57. The van der Waals surface area contributed by atoms with E-state index in [0.29, 0.717) is 10.7 Å². The smallest absolute Gasteiger partial charge is 0.253 e. The largest absolute Gasteiger partial charge is 0.402 e. The number of aromatic nitrogens is 2. The van der Waals surface area contributed by atoms with Crippen molar-refractivity contribution in [3.05, 3.63) is 89.6 Å². The number of anilines is 1. The first kappa shape index (κ1) is 28.9. The molecule has 1 aromatic carbocycles. The molecule has 2 heterocycles. The Labute approximate surface area is 229 Å². The van der Waals surface area contributed by atoms with Crippen LogP contribution >= 0.6 is 11.3 Å². The van der Waals surface area contributed by atoms with E-state index in [0.717, 1.165) is 35.2 Å². The van der Waals surface area contributed by atoms with Gasteiger partial charge in [-0.15, -0.1) is 11.3 Å². The quantitative estimate of drug-likeness (QED) is 0.216. The Balaban J connectivity index is 1.66. The zero-order valence-electron chi connectivity index (χ0n) is 22.4. The maximum Gasteiger partial charge on any atom is 0.253 e. The molecule has 9 heteroatoms. The van der Waals surface area contributed by atoms with E-state index >= 15 is 0 Å². The predicted molar refractivity (Wildman–Crippen MR) is 158 cm³/mol. The highest BCUT2D eigenvalue weighted by molar-refractivity contribution is 7.14. The Hall–Kier alpha value is -3.69. The molecule has 1 atom stereocenters. The van der Waals surface area contributed by atoms with Crippen molar-refractivity contribution in [3.8, 4) is 11.3 Å². The van der Waals surface area contributed by atoms with Crippen molar-refractivity contribution in [2.45, 2.75) is 39.6 Å².